The second kappa shape index (κ2) is 7.94. The molecule has 1 heterocycles. The van der Waals surface area contributed by atoms with Crippen LogP contribution in [-0.2, 0) is 4.74 Å². The summed E-state index contributed by atoms with van der Waals surface area (Å²) in [5, 5.41) is 8.38. The highest BCUT2D eigenvalue weighted by Crippen LogP contribution is 2.18. The van der Waals surface area contributed by atoms with E-state index in [2.05, 4.69) is 27.6 Å². The smallest absolute Gasteiger partial charge is 0.333 e. The minimum absolute atomic E-state index is 0.110. The zero-order valence-electron chi connectivity index (χ0n) is 13.2. The first kappa shape index (κ1) is 16.5. The first-order chi connectivity index (χ1) is 11.7. The Morgan fingerprint density at radius 3 is 2.79 bits per heavy atom. The third-order valence-electron chi connectivity index (χ3n) is 3.81. The van der Waals surface area contributed by atoms with Crippen molar-refractivity contribution in [2.45, 2.75) is 18.9 Å². The Kier molecular flexibility index (Phi) is 5.45. The van der Waals surface area contributed by atoms with Crippen molar-refractivity contribution in [1.82, 2.24) is 16.2 Å². The van der Waals surface area contributed by atoms with Crippen molar-refractivity contribution in [3.05, 3.63) is 42.5 Å². The first-order valence-corrected chi connectivity index (χ1v) is 8.33. The van der Waals surface area contributed by atoms with Gasteiger partial charge in [0.05, 0.1) is 6.10 Å². The third kappa shape index (κ3) is 4.56. The zero-order chi connectivity index (χ0) is 16.8. The van der Waals surface area contributed by atoms with Gasteiger partial charge in [0.25, 0.3) is 0 Å². The quantitative estimate of drug-likeness (QED) is 0.509. The van der Waals surface area contributed by atoms with Crippen LogP contribution in [0.15, 0.2) is 42.5 Å². The van der Waals surface area contributed by atoms with Gasteiger partial charge in [-0.1, -0.05) is 30.3 Å². The maximum Gasteiger partial charge on any atom is 0.333 e. The number of rotatable bonds is 3. The molecule has 0 aromatic heterocycles. The van der Waals surface area contributed by atoms with Gasteiger partial charge in [-0.15, -0.1) is 0 Å². The second-order valence-electron chi connectivity index (χ2n) is 5.61. The molecule has 0 bridgehead atoms. The lowest BCUT2D eigenvalue weighted by molar-refractivity contribution is 0.111. The molecule has 1 aliphatic heterocycles. The fourth-order valence-electron chi connectivity index (χ4n) is 2.60. The van der Waals surface area contributed by atoms with Crippen LogP contribution in [0.5, 0.6) is 0 Å². The van der Waals surface area contributed by atoms with Gasteiger partial charge in [-0.05, 0) is 48.0 Å². The van der Waals surface area contributed by atoms with Gasteiger partial charge in [-0.25, -0.2) is 10.2 Å². The number of nitrogens with one attached hydrogen (secondary N) is 4. The number of fused-ring (bicyclic) bond motifs is 1. The first-order valence-electron chi connectivity index (χ1n) is 7.92. The largest absolute Gasteiger partial charge is 0.376 e. The number of thiocarbonyl (C=S) groups is 1. The number of hydrogen-bond acceptors (Lipinski definition) is 3. The lowest BCUT2D eigenvalue weighted by Gasteiger charge is -2.14. The summed E-state index contributed by atoms with van der Waals surface area (Å²) in [4.78, 5) is 11.7. The number of benzene rings is 2. The van der Waals surface area contributed by atoms with Crippen LogP contribution in [-0.4, -0.2) is 30.4 Å². The Bertz CT molecular complexity index is 731. The van der Waals surface area contributed by atoms with Gasteiger partial charge in [-0.3, -0.25) is 5.43 Å². The summed E-state index contributed by atoms with van der Waals surface area (Å²) < 4.78 is 5.44. The van der Waals surface area contributed by atoms with Gasteiger partial charge in [0, 0.05) is 18.8 Å². The standard InChI is InChI=1S/C17H20N4O2S/c22-16(18-11-15-6-3-9-23-15)20-21-17(24)19-14-8-7-12-4-1-2-5-13(12)10-14/h1-2,4-5,7-8,10,15H,3,6,9,11H2,(H2,18,20,22)(H2,19,21,24)/t15-/m1/s1. The molecule has 0 spiro atoms. The molecule has 4 N–H and O–H groups in total. The summed E-state index contributed by atoms with van der Waals surface area (Å²) in [5.74, 6) is 0. The number of hydrazine groups is 1. The van der Waals surface area contributed by atoms with Crippen molar-refractivity contribution >= 4 is 39.8 Å². The number of amides is 2. The molecule has 6 nitrogen and oxygen atoms in total. The summed E-state index contributed by atoms with van der Waals surface area (Å²) in [7, 11) is 0. The molecule has 24 heavy (non-hydrogen) atoms. The third-order valence-corrected chi connectivity index (χ3v) is 4.02. The molecule has 1 atom stereocenters. The number of carbonyl (C=O) groups excluding carboxylic acids is 1. The molecule has 2 aromatic rings. The van der Waals surface area contributed by atoms with E-state index in [4.69, 9.17) is 17.0 Å². The highest BCUT2D eigenvalue weighted by atomic mass is 32.1. The van der Waals surface area contributed by atoms with Gasteiger partial charge in [-0.2, -0.15) is 0 Å². The van der Waals surface area contributed by atoms with Crippen LogP contribution in [0.4, 0.5) is 10.5 Å². The number of carbonyl (C=O) groups is 1. The Morgan fingerprint density at radius 1 is 1.17 bits per heavy atom. The van der Waals surface area contributed by atoms with Crippen molar-refractivity contribution < 1.29 is 9.53 Å². The lowest BCUT2D eigenvalue weighted by atomic mass is 10.1. The van der Waals surface area contributed by atoms with E-state index in [1.54, 1.807) is 0 Å². The molecule has 1 saturated heterocycles. The molecule has 7 heteroatoms. The number of hydrogen-bond donors (Lipinski definition) is 4. The van der Waals surface area contributed by atoms with Crippen molar-refractivity contribution in [3.63, 3.8) is 0 Å². The van der Waals surface area contributed by atoms with E-state index in [9.17, 15) is 4.79 Å². The lowest BCUT2D eigenvalue weighted by Crippen LogP contribution is -2.49. The Labute approximate surface area is 145 Å². The summed E-state index contributed by atoms with van der Waals surface area (Å²) >= 11 is 5.18. The topological polar surface area (TPSA) is 74.4 Å². The van der Waals surface area contributed by atoms with Crippen molar-refractivity contribution in [3.8, 4) is 0 Å². The molecule has 3 rings (SSSR count). The minimum Gasteiger partial charge on any atom is -0.376 e. The van der Waals surface area contributed by atoms with Gasteiger partial charge in [0.1, 0.15) is 0 Å². The average molecular weight is 344 g/mol. The highest BCUT2D eigenvalue weighted by molar-refractivity contribution is 7.80. The summed E-state index contributed by atoms with van der Waals surface area (Å²) in [6.45, 7) is 1.27. The molecule has 0 unspecified atom stereocenters. The monoisotopic (exact) mass is 344 g/mol. The maximum absolute atomic E-state index is 11.7. The van der Waals surface area contributed by atoms with Crippen molar-refractivity contribution in [2.75, 3.05) is 18.5 Å². The van der Waals surface area contributed by atoms with E-state index in [1.807, 2.05) is 36.4 Å². The molecular formula is C17H20N4O2S. The van der Waals surface area contributed by atoms with Gasteiger partial charge < -0.3 is 15.4 Å². The van der Waals surface area contributed by atoms with E-state index in [0.29, 0.717) is 11.7 Å². The number of ether oxygens (including phenoxy) is 1. The molecule has 0 saturated carbocycles. The Morgan fingerprint density at radius 2 is 2.00 bits per heavy atom. The second-order valence-corrected chi connectivity index (χ2v) is 6.02. The molecule has 0 aliphatic carbocycles. The zero-order valence-corrected chi connectivity index (χ0v) is 14.0. The molecule has 1 aliphatic rings. The molecular weight excluding hydrogens is 324 g/mol. The van der Waals surface area contributed by atoms with Gasteiger partial charge >= 0.3 is 6.03 Å². The highest BCUT2D eigenvalue weighted by Gasteiger charge is 2.15. The van der Waals surface area contributed by atoms with Crippen LogP contribution in [0.2, 0.25) is 0 Å². The number of anilines is 1. The minimum atomic E-state index is -0.340. The van der Waals surface area contributed by atoms with E-state index in [1.165, 1.54) is 0 Å². The van der Waals surface area contributed by atoms with Crippen LogP contribution in [0.1, 0.15) is 12.8 Å². The maximum atomic E-state index is 11.7. The predicted molar refractivity (Wildman–Crippen MR) is 98.8 cm³/mol. The normalized spacial score (nSPS) is 16.6. The van der Waals surface area contributed by atoms with E-state index in [0.717, 1.165) is 35.9 Å². The van der Waals surface area contributed by atoms with Crippen LogP contribution < -0.4 is 21.5 Å². The fraction of sp³-hybridized carbons (Fsp3) is 0.294. The van der Waals surface area contributed by atoms with Crippen molar-refractivity contribution in [1.29, 1.82) is 0 Å². The average Bonchev–Trinajstić information content (AvgIpc) is 3.11. The van der Waals surface area contributed by atoms with Crippen LogP contribution >= 0.6 is 12.2 Å². The summed E-state index contributed by atoms with van der Waals surface area (Å²) in [6.07, 6.45) is 2.14. The fourth-order valence-corrected chi connectivity index (χ4v) is 2.77. The van der Waals surface area contributed by atoms with Gasteiger partial charge in [0.15, 0.2) is 5.11 Å². The van der Waals surface area contributed by atoms with Crippen LogP contribution in [0.3, 0.4) is 0 Å². The summed E-state index contributed by atoms with van der Waals surface area (Å²) in [5.41, 5.74) is 6.03. The Balaban J connectivity index is 1.43. The molecule has 2 aromatic carbocycles. The number of urea groups is 1. The van der Waals surface area contributed by atoms with E-state index < -0.39 is 0 Å². The summed E-state index contributed by atoms with van der Waals surface area (Å²) in [6, 6.07) is 13.7. The van der Waals surface area contributed by atoms with Crippen LogP contribution in [0, 0.1) is 0 Å². The predicted octanol–water partition coefficient (Wildman–Crippen LogP) is 2.52. The van der Waals surface area contributed by atoms with E-state index in [-0.39, 0.29) is 12.1 Å². The van der Waals surface area contributed by atoms with Crippen molar-refractivity contribution in [2.24, 2.45) is 0 Å². The van der Waals surface area contributed by atoms with E-state index >= 15 is 0 Å². The molecule has 1 fully saturated rings. The Hall–Kier alpha value is -2.38. The van der Waals surface area contributed by atoms with Gasteiger partial charge in [0.2, 0.25) is 0 Å². The molecule has 126 valence electrons. The molecule has 0 radical (unpaired) electrons. The SMILES string of the molecule is O=C(NC[C@H]1CCCO1)NNC(=S)Nc1ccc2ccccc2c1. The molecule has 2 amide bonds. The van der Waals surface area contributed by atoms with Crippen LogP contribution in [0.25, 0.3) is 10.8 Å².